The van der Waals surface area contributed by atoms with E-state index >= 15 is 0 Å². The van der Waals surface area contributed by atoms with Crippen LogP contribution >= 0.6 is 0 Å². The molecule has 0 radical (unpaired) electrons. The first-order valence-corrected chi connectivity index (χ1v) is 7.47. The molecule has 1 saturated heterocycles. The van der Waals surface area contributed by atoms with Crippen LogP contribution in [-0.2, 0) is 20.8 Å². The van der Waals surface area contributed by atoms with Crippen molar-refractivity contribution in [3.05, 3.63) is 35.9 Å². The van der Waals surface area contributed by atoms with E-state index in [1.54, 1.807) is 4.90 Å². The minimum Gasteiger partial charge on any atom is -0.370 e. The van der Waals surface area contributed by atoms with Crippen LogP contribution in [0.1, 0.15) is 24.8 Å². The number of carbonyl (C=O) groups excluding carboxylic acids is 3. The van der Waals surface area contributed by atoms with E-state index in [1.807, 2.05) is 30.3 Å². The van der Waals surface area contributed by atoms with Gasteiger partial charge in [0, 0.05) is 19.5 Å². The second kappa shape index (κ2) is 7.59. The lowest BCUT2D eigenvalue weighted by Crippen LogP contribution is -2.47. The minimum absolute atomic E-state index is 0.0428. The molecule has 6 nitrogen and oxygen atoms in total. The van der Waals surface area contributed by atoms with Gasteiger partial charge in [0.15, 0.2) is 0 Å². The van der Waals surface area contributed by atoms with E-state index in [4.69, 9.17) is 5.73 Å². The number of nitrogens with two attached hydrogens (primary N) is 1. The van der Waals surface area contributed by atoms with Crippen molar-refractivity contribution in [2.75, 3.05) is 13.1 Å². The molecular weight excluding hydrogens is 282 g/mol. The van der Waals surface area contributed by atoms with Gasteiger partial charge in [-0.3, -0.25) is 14.4 Å². The lowest BCUT2D eigenvalue weighted by molar-refractivity contribution is -0.138. The fraction of sp³-hybridized carbons (Fsp3) is 0.438. The van der Waals surface area contributed by atoms with Crippen LogP contribution in [0.25, 0.3) is 0 Å². The van der Waals surface area contributed by atoms with E-state index < -0.39 is 11.9 Å². The molecule has 6 heteroatoms. The molecule has 118 valence electrons. The number of likely N-dealkylation sites (tertiary alicyclic amines) is 1. The normalized spacial score (nSPS) is 17.3. The largest absolute Gasteiger partial charge is 0.370 e. The zero-order chi connectivity index (χ0) is 15.9. The molecule has 0 spiro atoms. The highest BCUT2D eigenvalue weighted by atomic mass is 16.2. The number of benzene rings is 1. The maximum absolute atomic E-state index is 12.4. The summed E-state index contributed by atoms with van der Waals surface area (Å²) >= 11 is 0. The number of carbonyl (C=O) groups is 3. The van der Waals surface area contributed by atoms with Crippen LogP contribution in [0.4, 0.5) is 0 Å². The summed E-state index contributed by atoms with van der Waals surface area (Å²) in [5.41, 5.74) is 5.98. The third kappa shape index (κ3) is 4.31. The molecule has 3 N–H and O–H groups in total. The predicted octanol–water partition coefficient (Wildman–Crippen LogP) is 0.212. The number of primary amides is 1. The maximum Gasteiger partial charge on any atom is 0.242 e. The summed E-state index contributed by atoms with van der Waals surface area (Å²) in [5, 5.41) is 2.67. The first-order valence-electron chi connectivity index (χ1n) is 7.47. The minimum atomic E-state index is -0.455. The van der Waals surface area contributed by atoms with E-state index in [1.165, 1.54) is 0 Å². The van der Waals surface area contributed by atoms with Crippen molar-refractivity contribution in [1.82, 2.24) is 10.2 Å². The van der Waals surface area contributed by atoms with Crippen molar-refractivity contribution < 1.29 is 14.4 Å². The predicted molar refractivity (Wildman–Crippen MR) is 81.7 cm³/mol. The average molecular weight is 303 g/mol. The number of hydrogen-bond acceptors (Lipinski definition) is 3. The van der Waals surface area contributed by atoms with Crippen LogP contribution in [0.3, 0.4) is 0 Å². The lowest BCUT2D eigenvalue weighted by Gasteiger charge is -2.24. The highest BCUT2D eigenvalue weighted by Gasteiger charge is 2.33. The van der Waals surface area contributed by atoms with Crippen molar-refractivity contribution >= 4 is 17.7 Å². The standard InChI is InChI=1S/C16H21N3O3/c17-14(20)8-9-18-16(22)13-7-4-10-19(13)15(21)11-12-5-2-1-3-6-12/h1-3,5-6,13H,4,7-11H2,(H2,17,20)(H,18,22)/t13-/m0/s1. The van der Waals surface area contributed by atoms with Gasteiger partial charge in [-0.15, -0.1) is 0 Å². The van der Waals surface area contributed by atoms with Gasteiger partial charge in [0.25, 0.3) is 0 Å². The quantitative estimate of drug-likeness (QED) is 0.787. The molecule has 1 atom stereocenters. The number of rotatable bonds is 6. The van der Waals surface area contributed by atoms with Crippen molar-refractivity contribution in [3.63, 3.8) is 0 Å². The Hall–Kier alpha value is -2.37. The molecule has 0 unspecified atom stereocenters. The topological polar surface area (TPSA) is 92.5 Å². The fourth-order valence-corrected chi connectivity index (χ4v) is 2.64. The van der Waals surface area contributed by atoms with Gasteiger partial charge in [-0.1, -0.05) is 30.3 Å². The zero-order valence-electron chi connectivity index (χ0n) is 12.5. The Morgan fingerprint density at radius 3 is 2.64 bits per heavy atom. The average Bonchev–Trinajstić information content (AvgIpc) is 2.97. The highest BCUT2D eigenvalue weighted by Crippen LogP contribution is 2.19. The first kappa shape index (κ1) is 16.0. The monoisotopic (exact) mass is 303 g/mol. The Morgan fingerprint density at radius 2 is 1.95 bits per heavy atom. The molecule has 22 heavy (non-hydrogen) atoms. The van der Waals surface area contributed by atoms with Gasteiger partial charge < -0.3 is 16.0 Å². The summed E-state index contributed by atoms with van der Waals surface area (Å²) in [6.07, 6.45) is 1.87. The van der Waals surface area contributed by atoms with E-state index in [0.29, 0.717) is 19.4 Å². The fourth-order valence-electron chi connectivity index (χ4n) is 2.64. The smallest absolute Gasteiger partial charge is 0.242 e. The Bertz CT molecular complexity index is 545. The molecule has 0 aromatic heterocycles. The molecule has 1 aliphatic rings. The SMILES string of the molecule is NC(=O)CCNC(=O)[C@@H]1CCCN1C(=O)Cc1ccccc1. The molecule has 1 aromatic rings. The van der Waals surface area contributed by atoms with Gasteiger partial charge >= 0.3 is 0 Å². The van der Waals surface area contributed by atoms with Gasteiger partial charge in [-0.05, 0) is 18.4 Å². The summed E-state index contributed by atoms with van der Waals surface area (Å²) in [6, 6.07) is 9.04. The Balaban J connectivity index is 1.90. The molecular formula is C16H21N3O3. The summed E-state index contributed by atoms with van der Waals surface area (Å²) in [6.45, 7) is 0.810. The maximum atomic E-state index is 12.4. The number of nitrogens with one attached hydrogen (secondary N) is 1. The van der Waals surface area contributed by atoms with Crippen LogP contribution in [0, 0.1) is 0 Å². The van der Waals surface area contributed by atoms with Gasteiger partial charge in [-0.25, -0.2) is 0 Å². The summed E-state index contributed by atoms with van der Waals surface area (Å²) in [4.78, 5) is 36.8. The van der Waals surface area contributed by atoms with Crippen LogP contribution in [0.2, 0.25) is 0 Å². The Kier molecular flexibility index (Phi) is 5.52. The van der Waals surface area contributed by atoms with E-state index in [2.05, 4.69) is 5.32 Å². The second-order valence-electron chi connectivity index (χ2n) is 5.41. The number of amides is 3. The van der Waals surface area contributed by atoms with Crippen molar-refractivity contribution in [1.29, 1.82) is 0 Å². The van der Waals surface area contributed by atoms with E-state index in [0.717, 1.165) is 12.0 Å². The Morgan fingerprint density at radius 1 is 1.23 bits per heavy atom. The third-order valence-corrected chi connectivity index (χ3v) is 3.74. The van der Waals surface area contributed by atoms with Gasteiger partial charge in [0.1, 0.15) is 6.04 Å². The summed E-state index contributed by atoms with van der Waals surface area (Å²) < 4.78 is 0. The van der Waals surface area contributed by atoms with Crippen LogP contribution in [0.5, 0.6) is 0 Å². The van der Waals surface area contributed by atoms with Gasteiger partial charge in [-0.2, -0.15) is 0 Å². The van der Waals surface area contributed by atoms with E-state index in [-0.39, 0.29) is 24.8 Å². The van der Waals surface area contributed by atoms with E-state index in [9.17, 15) is 14.4 Å². The first-order chi connectivity index (χ1) is 10.6. The molecule has 3 amide bonds. The van der Waals surface area contributed by atoms with Crippen molar-refractivity contribution in [2.45, 2.75) is 31.7 Å². The highest BCUT2D eigenvalue weighted by molar-refractivity contribution is 5.89. The molecule has 1 aromatic carbocycles. The van der Waals surface area contributed by atoms with Crippen LogP contribution < -0.4 is 11.1 Å². The lowest BCUT2D eigenvalue weighted by atomic mass is 10.1. The number of nitrogens with zero attached hydrogens (tertiary/aromatic N) is 1. The Labute approximate surface area is 129 Å². The summed E-state index contributed by atoms with van der Waals surface area (Å²) in [5.74, 6) is -0.706. The van der Waals surface area contributed by atoms with Gasteiger partial charge in [0.2, 0.25) is 17.7 Å². The van der Waals surface area contributed by atoms with Crippen LogP contribution in [-0.4, -0.2) is 41.8 Å². The molecule has 1 heterocycles. The zero-order valence-corrected chi connectivity index (χ0v) is 12.5. The molecule has 0 saturated carbocycles. The molecule has 1 aliphatic heterocycles. The summed E-state index contributed by atoms with van der Waals surface area (Å²) in [7, 11) is 0. The molecule has 0 bridgehead atoms. The van der Waals surface area contributed by atoms with Crippen molar-refractivity contribution in [3.8, 4) is 0 Å². The van der Waals surface area contributed by atoms with Gasteiger partial charge in [0.05, 0.1) is 6.42 Å². The molecule has 1 fully saturated rings. The second-order valence-corrected chi connectivity index (χ2v) is 5.41. The molecule has 2 rings (SSSR count). The number of hydrogen-bond donors (Lipinski definition) is 2. The van der Waals surface area contributed by atoms with Crippen molar-refractivity contribution in [2.24, 2.45) is 5.73 Å². The van der Waals surface area contributed by atoms with Crippen LogP contribution in [0.15, 0.2) is 30.3 Å². The molecule has 0 aliphatic carbocycles. The third-order valence-electron chi connectivity index (χ3n) is 3.74.